The fourth-order valence-electron chi connectivity index (χ4n) is 2.92. The maximum atomic E-state index is 12.9. The Balaban J connectivity index is 1.91. The third kappa shape index (κ3) is 3.67. The van der Waals surface area contributed by atoms with Gasteiger partial charge in [-0.3, -0.25) is 9.59 Å². The number of benzene rings is 2. The van der Waals surface area contributed by atoms with Gasteiger partial charge in [-0.1, -0.05) is 18.2 Å². The number of para-hydroxylation sites is 1. The van der Waals surface area contributed by atoms with E-state index < -0.39 is 5.92 Å². The standard InChI is InChI=1S/C20H19N3O3/c1-12(2)26-18-8-7-13(11-21)9-17(18)23-20(25)15-10-19(24)22-16-6-4-3-5-14(15)16/h3-9,12,15H,10H2,1-2H3,(H,22,24)(H,23,25). The first-order chi connectivity index (χ1) is 12.5. The van der Waals surface area contributed by atoms with Gasteiger partial charge in [0.2, 0.25) is 11.8 Å². The van der Waals surface area contributed by atoms with Crippen LogP contribution in [-0.4, -0.2) is 17.9 Å². The Morgan fingerprint density at radius 1 is 1.31 bits per heavy atom. The van der Waals surface area contributed by atoms with Crippen LogP contribution in [0.5, 0.6) is 5.75 Å². The van der Waals surface area contributed by atoms with Crippen molar-refractivity contribution in [1.29, 1.82) is 5.26 Å². The molecule has 26 heavy (non-hydrogen) atoms. The van der Waals surface area contributed by atoms with Gasteiger partial charge < -0.3 is 15.4 Å². The number of nitriles is 1. The summed E-state index contributed by atoms with van der Waals surface area (Å²) < 4.78 is 5.72. The molecule has 1 aliphatic rings. The SMILES string of the molecule is CC(C)Oc1ccc(C#N)cc1NC(=O)C1CC(=O)Nc2ccccc21. The zero-order chi connectivity index (χ0) is 18.7. The van der Waals surface area contributed by atoms with E-state index in [0.717, 1.165) is 5.56 Å². The minimum Gasteiger partial charge on any atom is -0.489 e. The second-order valence-corrected chi connectivity index (χ2v) is 6.37. The average Bonchev–Trinajstić information content (AvgIpc) is 2.61. The largest absolute Gasteiger partial charge is 0.489 e. The van der Waals surface area contributed by atoms with Crippen LogP contribution in [0.1, 0.15) is 37.3 Å². The summed E-state index contributed by atoms with van der Waals surface area (Å²) in [6.45, 7) is 3.76. The first-order valence-corrected chi connectivity index (χ1v) is 8.38. The lowest BCUT2D eigenvalue weighted by Crippen LogP contribution is -2.31. The van der Waals surface area contributed by atoms with Gasteiger partial charge >= 0.3 is 0 Å². The molecule has 0 radical (unpaired) electrons. The molecule has 2 aromatic rings. The zero-order valence-electron chi connectivity index (χ0n) is 14.6. The molecule has 0 aromatic heterocycles. The van der Waals surface area contributed by atoms with Crippen molar-refractivity contribution in [3.05, 3.63) is 53.6 Å². The number of rotatable bonds is 4. The number of carbonyl (C=O) groups is 2. The maximum Gasteiger partial charge on any atom is 0.232 e. The predicted molar refractivity (Wildman–Crippen MR) is 98.0 cm³/mol. The molecule has 2 N–H and O–H groups in total. The Hall–Kier alpha value is -3.33. The molecule has 0 bridgehead atoms. The van der Waals surface area contributed by atoms with Gasteiger partial charge in [-0.25, -0.2) is 0 Å². The van der Waals surface area contributed by atoms with Crippen molar-refractivity contribution in [2.45, 2.75) is 32.3 Å². The number of ether oxygens (including phenoxy) is 1. The summed E-state index contributed by atoms with van der Waals surface area (Å²) in [4.78, 5) is 24.8. The van der Waals surface area contributed by atoms with Crippen LogP contribution >= 0.6 is 0 Å². The smallest absolute Gasteiger partial charge is 0.232 e. The number of carbonyl (C=O) groups excluding carboxylic acids is 2. The highest BCUT2D eigenvalue weighted by molar-refractivity contribution is 6.05. The Morgan fingerprint density at radius 2 is 2.08 bits per heavy atom. The minimum atomic E-state index is -0.599. The minimum absolute atomic E-state index is 0.0706. The number of nitrogens with one attached hydrogen (secondary N) is 2. The van der Waals surface area contributed by atoms with Crippen LogP contribution < -0.4 is 15.4 Å². The van der Waals surface area contributed by atoms with Crippen molar-refractivity contribution in [1.82, 2.24) is 0 Å². The van der Waals surface area contributed by atoms with Crippen LogP contribution in [0.2, 0.25) is 0 Å². The number of hydrogen-bond donors (Lipinski definition) is 2. The first-order valence-electron chi connectivity index (χ1n) is 8.38. The molecule has 0 aliphatic carbocycles. The average molecular weight is 349 g/mol. The Kier molecular flexibility index (Phi) is 4.90. The van der Waals surface area contributed by atoms with Crippen LogP contribution in [0.4, 0.5) is 11.4 Å². The first kappa shape index (κ1) is 17.5. The lowest BCUT2D eigenvalue weighted by Gasteiger charge is -2.25. The fraction of sp³-hybridized carbons (Fsp3) is 0.250. The van der Waals surface area contributed by atoms with E-state index in [0.29, 0.717) is 22.7 Å². The molecule has 6 heteroatoms. The predicted octanol–water partition coefficient (Wildman–Crippen LogP) is 3.41. The monoisotopic (exact) mass is 349 g/mol. The molecule has 132 valence electrons. The lowest BCUT2D eigenvalue weighted by atomic mass is 9.89. The summed E-state index contributed by atoms with van der Waals surface area (Å²) in [6.07, 6.45) is -0.0130. The number of anilines is 2. The molecule has 0 saturated heterocycles. The number of amides is 2. The topological polar surface area (TPSA) is 91.2 Å². The van der Waals surface area contributed by atoms with Crippen molar-refractivity contribution in [2.75, 3.05) is 10.6 Å². The molecule has 6 nitrogen and oxygen atoms in total. The van der Waals surface area contributed by atoms with E-state index >= 15 is 0 Å². The van der Waals surface area contributed by atoms with Crippen molar-refractivity contribution in [3.8, 4) is 11.8 Å². The summed E-state index contributed by atoms with van der Waals surface area (Å²) in [6, 6.07) is 14.2. The number of nitrogens with zero attached hydrogens (tertiary/aromatic N) is 1. The maximum absolute atomic E-state index is 12.9. The normalized spacial score (nSPS) is 15.6. The van der Waals surface area contributed by atoms with Gasteiger partial charge in [-0.15, -0.1) is 0 Å². The lowest BCUT2D eigenvalue weighted by molar-refractivity contribution is -0.123. The van der Waals surface area contributed by atoms with Gasteiger partial charge in [0.15, 0.2) is 0 Å². The molecule has 1 aliphatic heterocycles. The van der Waals surface area contributed by atoms with Crippen molar-refractivity contribution in [2.24, 2.45) is 0 Å². The zero-order valence-corrected chi connectivity index (χ0v) is 14.6. The van der Waals surface area contributed by atoms with Crippen molar-refractivity contribution in [3.63, 3.8) is 0 Å². The molecule has 0 saturated carbocycles. The summed E-state index contributed by atoms with van der Waals surface area (Å²) in [5, 5.41) is 14.7. The third-order valence-electron chi connectivity index (χ3n) is 4.05. The highest BCUT2D eigenvalue weighted by atomic mass is 16.5. The number of hydrogen-bond acceptors (Lipinski definition) is 4. The molecule has 1 heterocycles. The summed E-state index contributed by atoms with van der Waals surface area (Å²) in [7, 11) is 0. The van der Waals surface area contributed by atoms with E-state index in [1.165, 1.54) is 0 Å². The second kappa shape index (κ2) is 7.28. The third-order valence-corrected chi connectivity index (χ3v) is 4.05. The van der Waals surface area contributed by atoms with Crippen LogP contribution in [-0.2, 0) is 9.59 Å². The van der Waals surface area contributed by atoms with E-state index in [4.69, 9.17) is 10.00 Å². The van der Waals surface area contributed by atoms with E-state index in [2.05, 4.69) is 16.7 Å². The summed E-state index contributed by atoms with van der Waals surface area (Å²) >= 11 is 0. The van der Waals surface area contributed by atoms with Gasteiger partial charge in [0, 0.05) is 12.1 Å². The van der Waals surface area contributed by atoms with Crippen molar-refractivity contribution < 1.29 is 14.3 Å². The second-order valence-electron chi connectivity index (χ2n) is 6.37. The van der Waals surface area contributed by atoms with Gasteiger partial charge in [-0.2, -0.15) is 5.26 Å². The van der Waals surface area contributed by atoms with Crippen LogP contribution in [0.25, 0.3) is 0 Å². The highest BCUT2D eigenvalue weighted by Crippen LogP contribution is 2.34. The van der Waals surface area contributed by atoms with Crippen molar-refractivity contribution >= 4 is 23.2 Å². The van der Waals surface area contributed by atoms with Crippen LogP contribution in [0, 0.1) is 11.3 Å². The van der Waals surface area contributed by atoms with E-state index in [1.54, 1.807) is 24.3 Å². The molecule has 0 fully saturated rings. The van der Waals surface area contributed by atoms with Crippen LogP contribution in [0.15, 0.2) is 42.5 Å². The quantitative estimate of drug-likeness (QED) is 0.885. The molecule has 2 amide bonds. The van der Waals surface area contributed by atoms with E-state index in [1.807, 2.05) is 32.0 Å². The molecule has 2 aromatic carbocycles. The highest BCUT2D eigenvalue weighted by Gasteiger charge is 2.31. The Bertz CT molecular complexity index is 899. The fourth-order valence-corrected chi connectivity index (χ4v) is 2.92. The molecular formula is C20H19N3O3. The molecule has 1 atom stereocenters. The Morgan fingerprint density at radius 3 is 2.81 bits per heavy atom. The molecule has 1 unspecified atom stereocenters. The van der Waals surface area contributed by atoms with Gasteiger partial charge in [-0.05, 0) is 43.7 Å². The molecule has 0 spiro atoms. The van der Waals surface area contributed by atoms with E-state index in [9.17, 15) is 9.59 Å². The van der Waals surface area contributed by atoms with Gasteiger partial charge in [0.25, 0.3) is 0 Å². The van der Waals surface area contributed by atoms with Gasteiger partial charge in [0.1, 0.15) is 5.75 Å². The molecule has 3 rings (SSSR count). The summed E-state index contributed by atoms with van der Waals surface area (Å²) in [5.74, 6) is -0.622. The number of fused-ring (bicyclic) bond motifs is 1. The summed E-state index contributed by atoms with van der Waals surface area (Å²) in [5.41, 5.74) is 2.25. The van der Waals surface area contributed by atoms with Crippen LogP contribution in [0.3, 0.4) is 0 Å². The molecular weight excluding hydrogens is 330 g/mol. The van der Waals surface area contributed by atoms with Gasteiger partial charge in [0.05, 0.1) is 29.3 Å². The Labute approximate surface area is 151 Å². The van der Waals surface area contributed by atoms with E-state index in [-0.39, 0.29) is 24.3 Å².